The number of likely N-dealkylation sites (tertiary alicyclic amines) is 1. The minimum atomic E-state index is -4.44. The quantitative estimate of drug-likeness (QED) is 0.848. The van der Waals surface area contributed by atoms with Crippen molar-refractivity contribution in [2.75, 3.05) is 13.1 Å². The van der Waals surface area contributed by atoms with Gasteiger partial charge in [0.25, 0.3) is 0 Å². The zero-order chi connectivity index (χ0) is 15.6. The van der Waals surface area contributed by atoms with Gasteiger partial charge in [0.2, 0.25) is 5.91 Å². The van der Waals surface area contributed by atoms with Crippen molar-refractivity contribution in [2.24, 2.45) is 0 Å². The second kappa shape index (κ2) is 5.88. The van der Waals surface area contributed by atoms with Crippen LogP contribution in [0.1, 0.15) is 33.6 Å². The molecule has 0 radical (unpaired) electrons. The Labute approximate surface area is 115 Å². The third-order valence-corrected chi connectivity index (χ3v) is 2.59. The zero-order valence-corrected chi connectivity index (χ0v) is 11.7. The molecular formula is C12H19F3N2O3. The summed E-state index contributed by atoms with van der Waals surface area (Å²) < 4.78 is 41.9. The van der Waals surface area contributed by atoms with Crippen LogP contribution in [0, 0.1) is 0 Å². The van der Waals surface area contributed by atoms with Crippen molar-refractivity contribution in [1.29, 1.82) is 0 Å². The molecule has 1 aliphatic rings. The van der Waals surface area contributed by atoms with E-state index in [1.165, 1.54) is 0 Å². The van der Waals surface area contributed by atoms with Crippen LogP contribution in [0.4, 0.5) is 18.0 Å². The van der Waals surface area contributed by atoms with Crippen LogP contribution in [0.3, 0.4) is 0 Å². The summed E-state index contributed by atoms with van der Waals surface area (Å²) in [6.45, 7) is 3.73. The molecule has 0 spiro atoms. The van der Waals surface area contributed by atoms with Gasteiger partial charge < -0.3 is 15.0 Å². The maximum atomic E-state index is 12.3. The van der Waals surface area contributed by atoms with Gasteiger partial charge in [-0.15, -0.1) is 0 Å². The molecule has 0 aliphatic carbocycles. The fourth-order valence-electron chi connectivity index (χ4n) is 1.90. The molecule has 2 amide bonds. The molecular weight excluding hydrogens is 277 g/mol. The monoisotopic (exact) mass is 296 g/mol. The molecule has 8 heteroatoms. The number of hydrogen-bond donors (Lipinski definition) is 1. The van der Waals surface area contributed by atoms with Crippen molar-refractivity contribution in [1.82, 2.24) is 10.2 Å². The Morgan fingerprint density at radius 1 is 1.40 bits per heavy atom. The zero-order valence-electron chi connectivity index (χ0n) is 11.7. The lowest BCUT2D eigenvalue weighted by atomic mass is 10.1. The molecule has 1 N–H and O–H groups in total. The molecule has 0 aromatic rings. The fraction of sp³-hybridized carbons (Fsp3) is 0.833. The number of hydrogen-bond acceptors (Lipinski definition) is 3. The van der Waals surface area contributed by atoms with Gasteiger partial charge in [0, 0.05) is 6.54 Å². The largest absolute Gasteiger partial charge is 0.444 e. The van der Waals surface area contributed by atoms with Gasteiger partial charge in [0.15, 0.2) is 0 Å². The predicted octanol–water partition coefficient (Wildman–Crippen LogP) is 2.06. The topological polar surface area (TPSA) is 58.6 Å². The number of carbonyl (C=O) groups excluding carboxylic acids is 2. The maximum Gasteiger partial charge on any atom is 0.408 e. The molecule has 1 aliphatic heterocycles. The first-order valence-corrected chi connectivity index (χ1v) is 6.33. The molecule has 1 rings (SSSR count). The molecule has 0 saturated carbocycles. The first-order valence-electron chi connectivity index (χ1n) is 6.33. The number of rotatable bonds is 2. The van der Waals surface area contributed by atoms with Crippen molar-refractivity contribution in [3.8, 4) is 0 Å². The Balaban J connectivity index is 2.58. The van der Waals surface area contributed by atoms with Gasteiger partial charge in [-0.1, -0.05) is 0 Å². The number of nitrogens with one attached hydrogen (secondary N) is 1. The van der Waals surface area contributed by atoms with Crippen molar-refractivity contribution in [3.63, 3.8) is 0 Å². The molecule has 5 nitrogen and oxygen atoms in total. The Bertz CT molecular complexity index is 377. The van der Waals surface area contributed by atoms with Crippen LogP contribution in [0.2, 0.25) is 0 Å². The van der Waals surface area contributed by atoms with Crippen LogP contribution in [-0.4, -0.2) is 47.8 Å². The van der Waals surface area contributed by atoms with E-state index in [1.807, 2.05) is 0 Å². The van der Waals surface area contributed by atoms with E-state index in [4.69, 9.17) is 4.74 Å². The van der Waals surface area contributed by atoms with E-state index < -0.39 is 36.4 Å². The third kappa shape index (κ3) is 5.66. The van der Waals surface area contributed by atoms with E-state index >= 15 is 0 Å². The van der Waals surface area contributed by atoms with Crippen LogP contribution in [0.5, 0.6) is 0 Å². The van der Waals surface area contributed by atoms with Gasteiger partial charge in [0.1, 0.15) is 18.2 Å². The van der Waals surface area contributed by atoms with Crippen LogP contribution < -0.4 is 5.32 Å². The molecule has 0 aromatic carbocycles. The number of piperidine rings is 1. The maximum absolute atomic E-state index is 12.3. The highest BCUT2D eigenvalue weighted by molar-refractivity contribution is 5.86. The van der Waals surface area contributed by atoms with Gasteiger partial charge in [-0.25, -0.2) is 4.79 Å². The number of nitrogens with zero attached hydrogens (tertiary/aromatic N) is 1. The van der Waals surface area contributed by atoms with E-state index in [-0.39, 0.29) is 6.54 Å². The van der Waals surface area contributed by atoms with Crippen LogP contribution in [-0.2, 0) is 9.53 Å². The lowest BCUT2D eigenvalue weighted by Gasteiger charge is -2.33. The average molecular weight is 296 g/mol. The van der Waals surface area contributed by atoms with Crippen molar-refractivity contribution >= 4 is 12.0 Å². The smallest absolute Gasteiger partial charge is 0.408 e. The highest BCUT2D eigenvalue weighted by Crippen LogP contribution is 2.20. The number of halogens is 3. The standard InChI is InChI=1S/C12H19F3N2O3/c1-11(2,3)20-10(19)16-8-5-4-6-17(9(8)18)7-12(13,14)15/h8H,4-7H2,1-3H3,(H,16,19). The van der Waals surface area contributed by atoms with E-state index in [0.717, 1.165) is 0 Å². The minimum absolute atomic E-state index is 0.0465. The number of amides is 2. The summed E-state index contributed by atoms with van der Waals surface area (Å²) in [5.41, 5.74) is -0.729. The Kier molecular flexibility index (Phi) is 4.88. The highest BCUT2D eigenvalue weighted by Gasteiger charge is 2.38. The molecule has 116 valence electrons. The second-order valence-electron chi connectivity index (χ2n) is 5.72. The summed E-state index contributed by atoms with van der Waals surface area (Å²) in [4.78, 5) is 24.1. The highest BCUT2D eigenvalue weighted by atomic mass is 19.4. The Morgan fingerprint density at radius 3 is 2.50 bits per heavy atom. The fourth-order valence-corrected chi connectivity index (χ4v) is 1.90. The molecule has 1 atom stereocenters. The number of alkyl carbamates (subject to hydrolysis) is 1. The second-order valence-corrected chi connectivity index (χ2v) is 5.72. The van der Waals surface area contributed by atoms with Crippen molar-refractivity contribution < 1.29 is 27.5 Å². The number of carbonyl (C=O) groups is 2. The minimum Gasteiger partial charge on any atom is -0.444 e. The number of alkyl halides is 3. The summed E-state index contributed by atoms with van der Waals surface area (Å²) in [7, 11) is 0. The van der Waals surface area contributed by atoms with Gasteiger partial charge in [-0.05, 0) is 33.6 Å². The van der Waals surface area contributed by atoms with Crippen LogP contribution in [0.25, 0.3) is 0 Å². The molecule has 20 heavy (non-hydrogen) atoms. The van der Waals surface area contributed by atoms with Crippen LogP contribution in [0.15, 0.2) is 0 Å². The van der Waals surface area contributed by atoms with E-state index in [0.29, 0.717) is 17.7 Å². The normalized spacial score (nSPS) is 20.8. The summed E-state index contributed by atoms with van der Waals surface area (Å²) >= 11 is 0. The summed E-state index contributed by atoms with van der Waals surface area (Å²) in [6.07, 6.45) is -4.53. The lowest BCUT2D eigenvalue weighted by Crippen LogP contribution is -2.54. The first-order chi connectivity index (χ1) is 8.98. The Morgan fingerprint density at radius 2 is 2.00 bits per heavy atom. The summed E-state index contributed by atoms with van der Waals surface area (Å²) in [5.74, 6) is -0.723. The lowest BCUT2D eigenvalue weighted by molar-refractivity contribution is -0.164. The molecule has 1 unspecified atom stereocenters. The summed E-state index contributed by atoms with van der Waals surface area (Å²) in [6, 6.07) is -0.957. The van der Waals surface area contributed by atoms with Gasteiger partial charge in [-0.3, -0.25) is 4.79 Å². The third-order valence-electron chi connectivity index (χ3n) is 2.59. The van der Waals surface area contributed by atoms with Crippen molar-refractivity contribution in [3.05, 3.63) is 0 Å². The van der Waals surface area contributed by atoms with Gasteiger partial charge in [-0.2, -0.15) is 13.2 Å². The first kappa shape index (κ1) is 16.6. The van der Waals surface area contributed by atoms with E-state index in [1.54, 1.807) is 20.8 Å². The Hall–Kier alpha value is -1.47. The molecule has 0 aromatic heterocycles. The molecule has 1 fully saturated rings. The SMILES string of the molecule is CC(C)(C)OC(=O)NC1CCCN(CC(F)(F)F)C1=O. The summed E-state index contributed by atoms with van der Waals surface area (Å²) in [5, 5.41) is 2.32. The van der Waals surface area contributed by atoms with E-state index in [2.05, 4.69) is 5.32 Å². The van der Waals surface area contributed by atoms with Gasteiger partial charge >= 0.3 is 12.3 Å². The number of ether oxygens (including phenoxy) is 1. The van der Waals surface area contributed by atoms with Gasteiger partial charge in [0.05, 0.1) is 0 Å². The molecule has 0 bridgehead atoms. The van der Waals surface area contributed by atoms with E-state index in [9.17, 15) is 22.8 Å². The van der Waals surface area contributed by atoms with Crippen LogP contribution >= 0.6 is 0 Å². The molecule has 1 saturated heterocycles. The predicted molar refractivity (Wildman–Crippen MR) is 65.0 cm³/mol. The average Bonchev–Trinajstić information content (AvgIpc) is 2.19. The molecule has 1 heterocycles. The van der Waals surface area contributed by atoms with Crippen molar-refractivity contribution in [2.45, 2.75) is 51.4 Å².